The molecule has 0 amide bonds. The second kappa shape index (κ2) is 5.64. The van der Waals surface area contributed by atoms with E-state index in [1.54, 1.807) is 43.4 Å². The van der Waals surface area contributed by atoms with Gasteiger partial charge in [-0.25, -0.2) is 8.42 Å². The van der Waals surface area contributed by atoms with Crippen molar-refractivity contribution in [2.75, 3.05) is 12.4 Å². The third-order valence-electron chi connectivity index (χ3n) is 2.69. The molecule has 2 N–H and O–H groups in total. The second-order valence-corrected chi connectivity index (χ2v) is 6.44. The molecule has 0 aliphatic carbocycles. The summed E-state index contributed by atoms with van der Waals surface area (Å²) in [6.45, 7) is 0. The van der Waals surface area contributed by atoms with Crippen molar-refractivity contribution in [1.82, 2.24) is 0 Å². The molecule has 19 heavy (non-hydrogen) atoms. The summed E-state index contributed by atoms with van der Waals surface area (Å²) in [6.07, 6.45) is 0. The van der Waals surface area contributed by atoms with Crippen molar-refractivity contribution < 1.29 is 13.0 Å². The molecule has 0 bridgehead atoms. The molecule has 0 saturated carbocycles. The fourth-order valence-electron chi connectivity index (χ4n) is 1.62. The number of sulfone groups is 1. The maximum absolute atomic E-state index is 12.3. The predicted octanol–water partition coefficient (Wildman–Crippen LogP) is 3.13. The molecule has 0 saturated heterocycles. The van der Waals surface area contributed by atoms with E-state index in [-0.39, 0.29) is 9.79 Å². The summed E-state index contributed by atoms with van der Waals surface area (Å²) in [7, 11) is -1.74. The molecule has 0 fully saturated rings. The average molecular weight is 295 g/mol. The standard InChI is InChI=1S/C13H13NO3S2/c1-14-10-2-6-12(7-3-10)19(16,17)13-8-4-11(18-15)5-9-13/h2-9,14-15H,1H3. The van der Waals surface area contributed by atoms with Crippen LogP contribution in [0.4, 0.5) is 5.69 Å². The van der Waals surface area contributed by atoms with Gasteiger partial charge in [-0.1, -0.05) is 0 Å². The Balaban J connectivity index is 2.39. The van der Waals surface area contributed by atoms with Crippen molar-refractivity contribution in [3.63, 3.8) is 0 Å². The molecule has 0 spiro atoms. The van der Waals surface area contributed by atoms with E-state index in [0.717, 1.165) is 5.69 Å². The molecule has 0 atom stereocenters. The molecule has 6 heteroatoms. The van der Waals surface area contributed by atoms with E-state index in [2.05, 4.69) is 5.32 Å². The van der Waals surface area contributed by atoms with E-state index < -0.39 is 9.84 Å². The van der Waals surface area contributed by atoms with Crippen LogP contribution in [0.2, 0.25) is 0 Å². The smallest absolute Gasteiger partial charge is 0.206 e. The van der Waals surface area contributed by atoms with Crippen LogP contribution in [-0.4, -0.2) is 20.0 Å². The van der Waals surface area contributed by atoms with Crippen molar-refractivity contribution >= 4 is 27.6 Å². The van der Waals surface area contributed by atoms with Crippen molar-refractivity contribution in [1.29, 1.82) is 0 Å². The average Bonchev–Trinajstić information content (AvgIpc) is 2.47. The molecule has 0 aromatic heterocycles. The first-order chi connectivity index (χ1) is 9.07. The first-order valence-electron chi connectivity index (χ1n) is 5.52. The molecule has 100 valence electrons. The van der Waals surface area contributed by atoms with Crippen LogP contribution in [-0.2, 0) is 9.84 Å². The minimum Gasteiger partial charge on any atom is -0.388 e. The molecule has 4 nitrogen and oxygen atoms in total. The Labute approximate surface area is 116 Å². The Morgan fingerprint density at radius 1 is 0.947 bits per heavy atom. The third kappa shape index (κ3) is 2.91. The number of anilines is 1. The highest BCUT2D eigenvalue weighted by Crippen LogP contribution is 2.24. The molecule has 2 aromatic carbocycles. The number of rotatable bonds is 4. The van der Waals surface area contributed by atoms with Crippen LogP contribution >= 0.6 is 12.0 Å². The van der Waals surface area contributed by atoms with Crippen LogP contribution in [0, 0.1) is 0 Å². The van der Waals surface area contributed by atoms with Gasteiger partial charge in [0, 0.05) is 29.7 Å². The topological polar surface area (TPSA) is 66.4 Å². The lowest BCUT2D eigenvalue weighted by Gasteiger charge is -2.06. The van der Waals surface area contributed by atoms with Gasteiger partial charge in [-0.15, -0.1) is 0 Å². The third-order valence-corrected chi connectivity index (χ3v) is 4.96. The number of benzene rings is 2. The Morgan fingerprint density at radius 3 is 1.84 bits per heavy atom. The zero-order valence-corrected chi connectivity index (χ0v) is 11.8. The zero-order valence-electron chi connectivity index (χ0n) is 10.2. The van der Waals surface area contributed by atoms with E-state index in [1.807, 2.05) is 0 Å². The van der Waals surface area contributed by atoms with E-state index in [4.69, 9.17) is 4.55 Å². The summed E-state index contributed by atoms with van der Waals surface area (Å²) in [6, 6.07) is 12.7. The first-order valence-corrected chi connectivity index (χ1v) is 7.78. The lowest BCUT2D eigenvalue weighted by atomic mass is 10.3. The van der Waals surface area contributed by atoms with Crippen molar-refractivity contribution in [2.24, 2.45) is 0 Å². The van der Waals surface area contributed by atoms with Gasteiger partial charge in [0.05, 0.1) is 9.79 Å². The molecule has 0 heterocycles. The Morgan fingerprint density at radius 2 is 1.42 bits per heavy atom. The lowest BCUT2D eigenvalue weighted by Crippen LogP contribution is -2.02. The van der Waals surface area contributed by atoms with Gasteiger partial charge in [-0.05, 0) is 48.5 Å². The highest BCUT2D eigenvalue weighted by Gasteiger charge is 2.17. The fourth-order valence-corrected chi connectivity index (χ4v) is 3.14. The fraction of sp³-hybridized carbons (Fsp3) is 0.0769. The summed E-state index contributed by atoms with van der Waals surface area (Å²) in [5.41, 5.74) is 0.853. The number of nitrogens with one attached hydrogen (secondary N) is 1. The largest absolute Gasteiger partial charge is 0.388 e. The van der Waals surface area contributed by atoms with Crippen LogP contribution in [0.15, 0.2) is 63.2 Å². The summed E-state index contributed by atoms with van der Waals surface area (Å²) in [5, 5.41) is 2.94. The van der Waals surface area contributed by atoms with E-state index >= 15 is 0 Å². The van der Waals surface area contributed by atoms with E-state index in [0.29, 0.717) is 16.9 Å². The van der Waals surface area contributed by atoms with Crippen molar-refractivity contribution in [3.05, 3.63) is 48.5 Å². The van der Waals surface area contributed by atoms with Gasteiger partial charge in [0.25, 0.3) is 0 Å². The normalized spacial score (nSPS) is 11.3. The van der Waals surface area contributed by atoms with Gasteiger partial charge < -0.3 is 9.87 Å². The van der Waals surface area contributed by atoms with Gasteiger partial charge in [-0.2, -0.15) is 0 Å². The first kappa shape index (κ1) is 13.9. The van der Waals surface area contributed by atoms with Crippen LogP contribution in [0.1, 0.15) is 0 Å². The number of hydrogen-bond donors (Lipinski definition) is 2. The highest BCUT2D eigenvalue weighted by molar-refractivity contribution is 7.93. The SMILES string of the molecule is CNc1ccc(S(=O)(=O)c2ccc(SO)cc2)cc1. The summed E-state index contributed by atoms with van der Waals surface area (Å²) >= 11 is 0.586. The maximum Gasteiger partial charge on any atom is 0.206 e. The molecule has 0 aliphatic rings. The molecule has 0 aliphatic heterocycles. The van der Waals surface area contributed by atoms with E-state index in [9.17, 15) is 8.42 Å². The zero-order chi connectivity index (χ0) is 13.9. The Hall–Kier alpha value is -1.50. The van der Waals surface area contributed by atoms with Gasteiger partial charge >= 0.3 is 0 Å². The van der Waals surface area contributed by atoms with Crippen LogP contribution in [0.25, 0.3) is 0 Å². The van der Waals surface area contributed by atoms with Crippen LogP contribution in [0.3, 0.4) is 0 Å². The van der Waals surface area contributed by atoms with Gasteiger partial charge in [0.2, 0.25) is 9.84 Å². The molecular formula is C13H13NO3S2. The molecule has 0 radical (unpaired) electrons. The summed E-state index contributed by atoms with van der Waals surface area (Å²) in [4.78, 5) is 1.06. The minimum atomic E-state index is -3.51. The maximum atomic E-state index is 12.3. The highest BCUT2D eigenvalue weighted by atomic mass is 32.2. The number of hydrogen-bond acceptors (Lipinski definition) is 5. The summed E-state index contributed by atoms with van der Waals surface area (Å²) < 4.78 is 33.6. The quantitative estimate of drug-likeness (QED) is 0.848. The lowest BCUT2D eigenvalue weighted by molar-refractivity contribution is 0.596. The molecule has 0 unspecified atom stereocenters. The van der Waals surface area contributed by atoms with Gasteiger partial charge in [0.1, 0.15) is 0 Å². The van der Waals surface area contributed by atoms with Gasteiger partial charge in [0.15, 0.2) is 0 Å². The van der Waals surface area contributed by atoms with Crippen molar-refractivity contribution in [2.45, 2.75) is 14.7 Å². The monoisotopic (exact) mass is 295 g/mol. The van der Waals surface area contributed by atoms with Crippen molar-refractivity contribution in [3.8, 4) is 0 Å². The van der Waals surface area contributed by atoms with E-state index in [1.165, 1.54) is 12.1 Å². The Bertz CT molecular complexity index is 596. The molecule has 2 rings (SSSR count). The molecular weight excluding hydrogens is 282 g/mol. The summed E-state index contributed by atoms with van der Waals surface area (Å²) in [5.74, 6) is 0. The predicted molar refractivity (Wildman–Crippen MR) is 76.4 cm³/mol. The molecule has 2 aromatic rings. The second-order valence-electron chi connectivity index (χ2n) is 3.84. The van der Waals surface area contributed by atoms with Crippen LogP contribution in [0.5, 0.6) is 0 Å². The minimum absolute atomic E-state index is 0.211. The van der Waals surface area contributed by atoms with Gasteiger partial charge in [-0.3, -0.25) is 0 Å². The van der Waals surface area contributed by atoms with Crippen LogP contribution < -0.4 is 5.32 Å². The Kier molecular flexibility index (Phi) is 4.14.